The number of hydrogen-bond donors (Lipinski definition) is 2. The molecule has 1 fully saturated rings. The highest BCUT2D eigenvalue weighted by atomic mass is 19.1. The van der Waals surface area contributed by atoms with Crippen molar-refractivity contribution in [1.29, 1.82) is 0 Å². The minimum Gasteiger partial charge on any atom is -0.490 e. The van der Waals surface area contributed by atoms with Crippen molar-refractivity contribution in [2.75, 3.05) is 20.2 Å². The first kappa shape index (κ1) is 15.8. The van der Waals surface area contributed by atoms with E-state index in [9.17, 15) is 9.18 Å². The predicted octanol–water partition coefficient (Wildman–Crippen LogP) is 2.40. The summed E-state index contributed by atoms with van der Waals surface area (Å²) in [7, 11) is 1.80. The minimum absolute atomic E-state index is 0.0497. The minimum atomic E-state index is -0.371. The molecule has 1 atom stereocenters. The van der Waals surface area contributed by atoms with E-state index in [0.29, 0.717) is 31.2 Å². The zero-order valence-electron chi connectivity index (χ0n) is 12.6. The summed E-state index contributed by atoms with van der Waals surface area (Å²) >= 11 is 0. The van der Waals surface area contributed by atoms with Crippen LogP contribution in [0.5, 0.6) is 5.75 Å². The largest absolute Gasteiger partial charge is 0.490 e. The van der Waals surface area contributed by atoms with Gasteiger partial charge in [0.2, 0.25) is 5.91 Å². The van der Waals surface area contributed by atoms with Gasteiger partial charge in [-0.1, -0.05) is 6.07 Å². The molecule has 1 unspecified atom stereocenters. The zero-order valence-corrected chi connectivity index (χ0v) is 12.6. The smallest absolute Gasteiger partial charge is 0.221 e. The number of carbonyl (C=O) groups is 1. The number of ether oxygens (including phenoxy) is 1. The second kappa shape index (κ2) is 7.41. The van der Waals surface area contributed by atoms with Gasteiger partial charge in [-0.25, -0.2) is 4.39 Å². The van der Waals surface area contributed by atoms with Gasteiger partial charge >= 0.3 is 0 Å². The van der Waals surface area contributed by atoms with Crippen LogP contribution in [0.1, 0.15) is 37.8 Å². The van der Waals surface area contributed by atoms with Gasteiger partial charge in [0.25, 0.3) is 0 Å². The van der Waals surface area contributed by atoms with Crippen LogP contribution < -0.4 is 15.4 Å². The first-order chi connectivity index (χ1) is 10.1. The molecule has 1 aromatic carbocycles. The molecule has 0 aromatic heterocycles. The SMILES string of the molecule is CNCCC(=O)NC(C)c1ccc(OCC2CC2)c(F)c1. The van der Waals surface area contributed by atoms with E-state index in [0.717, 1.165) is 5.56 Å². The standard InChI is InChI=1S/C16H23FN2O2/c1-11(19-16(20)7-8-18-2)13-5-6-15(14(17)9-13)21-10-12-3-4-12/h5-6,9,11-12,18H,3-4,7-8,10H2,1-2H3,(H,19,20). The van der Waals surface area contributed by atoms with Crippen LogP contribution in [0.4, 0.5) is 4.39 Å². The molecule has 2 N–H and O–H groups in total. The van der Waals surface area contributed by atoms with Gasteiger partial charge in [0.05, 0.1) is 12.6 Å². The lowest BCUT2D eigenvalue weighted by atomic mass is 10.1. The summed E-state index contributed by atoms with van der Waals surface area (Å²) in [5, 5.41) is 5.77. The Morgan fingerprint density at radius 1 is 1.48 bits per heavy atom. The van der Waals surface area contributed by atoms with E-state index in [2.05, 4.69) is 10.6 Å². The van der Waals surface area contributed by atoms with Crippen LogP contribution in [0.2, 0.25) is 0 Å². The quantitative estimate of drug-likeness (QED) is 0.774. The number of benzene rings is 1. The van der Waals surface area contributed by atoms with Gasteiger partial charge in [-0.05, 0) is 50.4 Å². The average Bonchev–Trinajstić information content (AvgIpc) is 3.27. The number of nitrogens with one attached hydrogen (secondary N) is 2. The van der Waals surface area contributed by atoms with Gasteiger partial charge in [-0.3, -0.25) is 4.79 Å². The van der Waals surface area contributed by atoms with Gasteiger partial charge in [0.15, 0.2) is 11.6 Å². The Morgan fingerprint density at radius 3 is 2.86 bits per heavy atom. The third kappa shape index (κ3) is 5.01. The van der Waals surface area contributed by atoms with Crippen molar-refractivity contribution < 1.29 is 13.9 Å². The molecule has 0 aliphatic heterocycles. The molecule has 116 valence electrons. The van der Waals surface area contributed by atoms with Crippen molar-refractivity contribution in [1.82, 2.24) is 10.6 Å². The molecule has 1 aliphatic carbocycles. The summed E-state index contributed by atoms with van der Waals surface area (Å²) in [6, 6.07) is 4.66. The van der Waals surface area contributed by atoms with Crippen LogP contribution in [0.15, 0.2) is 18.2 Å². The molecule has 0 heterocycles. The van der Waals surface area contributed by atoms with Crippen molar-refractivity contribution in [3.63, 3.8) is 0 Å². The Balaban J connectivity index is 1.89. The van der Waals surface area contributed by atoms with Gasteiger partial charge in [0.1, 0.15) is 0 Å². The molecule has 4 nitrogen and oxygen atoms in total. The highest BCUT2D eigenvalue weighted by Gasteiger charge is 2.22. The molecule has 0 saturated heterocycles. The van der Waals surface area contributed by atoms with Crippen molar-refractivity contribution in [2.24, 2.45) is 5.92 Å². The molecule has 21 heavy (non-hydrogen) atoms. The van der Waals surface area contributed by atoms with Crippen LogP contribution in [0.3, 0.4) is 0 Å². The maximum Gasteiger partial charge on any atom is 0.221 e. The predicted molar refractivity (Wildman–Crippen MR) is 79.7 cm³/mol. The Morgan fingerprint density at radius 2 is 2.24 bits per heavy atom. The van der Waals surface area contributed by atoms with Crippen molar-refractivity contribution in [3.8, 4) is 5.75 Å². The number of hydrogen-bond acceptors (Lipinski definition) is 3. The highest BCUT2D eigenvalue weighted by Crippen LogP contribution is 2.30. The first-order valence-corrected chi connectivity index (χ1v) is 7.46. The molecule has 2 rings (SSSR count). The van der Waals surface area contributed by atoms with Gasteiger partial charge < -0.3 is 15.4 Å². The molecular formula is C16H23FN2O2. The lowest BCUT2D eigenvalue weighted by Gasteiger charge is -2.15. The monoisotopic (exact) mass is 294 g/mol. The molecule has 1 aliphatic rings. The molecule has 5 heteroatoms. The van der Waals surface area contributed by atoms with Crippen LogP contribution in [0, 0.1) is 11.7 Å². The third-order valence-corrected chi connectivity index (χ3v) is 3.61. The summed E-state index contributed by atoms with van der Waals surface area (Å²) in [6.07, 6.45) is 2.76. The Hall–Kier alpha value is -1.62. The molecule has 0 spiro atoms. The average molecular weight is 294 g/mol. The number of halogens is 1. The van der Waals surface area contributed by atoms with Crippen LogP contribution in [0.25, 0.3) is 0 Å². The van der Waals surface area contributed by atoms with E-state index >= 15 is 0 Å². The molecular weight excluding hydrogens is 271 g/mol. The molecule has 0 bridgehead atoms. The van der Waals surface area contributed by atoms with E-state index in [1.165, 1.54) is 18.9 Å². The van der Waals surface area contributed by atoms with Gasteiger partial charge in [-0.15, -0.1) is 0 Å². The van der Waals surface area contributed by atoms with E-state index in [-0.39, 0.29) is 17.8 Å². The summed E-state index contributed by atoms with van der Waals surface area (Å²) in [5.41, 5.74) is 0.740. The third-order valence-electron chi connectivity index (χ3n) is 3.61. The van der Waals surface area contributed by atoms with E-state index < -0.39 is 0 Å². The first-order valence-electron chi connectivity index (χ1n) is 7.46. The second-order valence-electron chi connectivity index (χ2n) is 5.59. The maximum absolute atomic E-state index is 14.0. The Bertz CT molecular complexity index is 489. The zero-order chi connectivity index (χ0) is 15.2. The fourth-order valence-corrected chi connectivity index (χ4v) is 2.03. The molecule has 0 radical (unpaired) electrons. The van der Waals surface area contributed by atoms with Gasteiger partial charge in [0, 0.05) is 13.0 Å². The van der Waals surface area contributed by atoms with Crippen LogP contribution >= 0.6 is 0 Å². The number of rotatable bonds is 8. The lowest BCUT2D eigenvalue weighted by molar-refractivity contribution is -0.121. The van der Waals surface area contributed by atoms with Crippen LogP contribution in [-0.2, 0) is 4.79 Å². The van der Waals surface area contributed by atoms with Crippen LogP contribution in [-0.4, -0.2) is 26.1 Å². The summed E-state index contributed by atoms with van der Waals surface area (Å²) in [6.45, 7) is 3.06. The van der Waals surface area contributed by atoms with E-state index in [4.69, 9.17) is 4.74 Å². The Labute approximate surface area is 125 Å². The van der Waals surface area contributed by atoms with E-state index in [1.54, 1.807) is 19.2 Å². The normalized spacial score (nSPS) is 15.6. The Kier molecular flexibility index (Phi) is 5.56. The summed E-state index contributed by atoms with van der Waals surface area (Å²) < 4.78 is 19.4. The second-order valence-corrected chi connectivity index (χ2v) is 5.59. The highest BCUT2D eigenvalue weighted by molar-refractivity contribution is 5.76. The fraction of sp³-hybridized carbons (Fsp3) is 0.562. The lowest BCUT2D eigenvalue weighted by Crippen LogP contribution is -2.29. The molecule has 1 saturated carbocycles. The topological polar surface area (TPSA) is 50.4 Å². The van der Waals surface area contributed by atoms with Crippen molar-refractivity contribution in [3.05, 3.63) is 29.6 Å². The van der Waals surface area contributed by atoms with E-state index in [1.807, 2.05) is 6.92 Å². The molecule has 1 aromatic rings. The maximum atomic E-state index is 14.0. The number of amides is 1. The molecule has 1 amide bonds. The summed E-state index contributed by atoms with van der Waals surface area (Å²) in [4.78, 5) is 11.7. The van der Waals surface area contributed by atoms with Crippen molar-refractivity contribution in [2.45, 2.75) is 32.2 Å². The number of carbonyl (C=O) groups excluding carboxylic acids is 1. The summed E-state index contributed by atoms with van der Waals surface area (Å²) in [5.74, 6) is 0.463. The van der Waals surface area contributed by atoms with Crippen molar-refractivity contribution >= 4 is 5.91 Å². The fourth-order valence-electron chi connectivity index (χ4n) is 2.03. The van der Waals surface area contributed by atoms with Gasteiger partial charge in [-0.2, -0.15) is 0 Å².